The maximum Gasteiger partial charge on any atom is 0.423 e. The predicted octanol–water partition coefficient (Wildman–Crippen LogP) is 3.45. The van der Waals surface area contributed by atoms with Crippen molar-refractivity contribution >= 4 is 17.4 Å². The van der Waals surface area contributed by atoms with Gasteiger partial charge in [0.25, 0.3) is 11.5 Å². The number of amides is 1. The van der Waals surface area contributed by atoms with E-state index in [0.29, 0.717) is 50.6 Å². The first kappa shape index (κ1) is 29.3. The van der Waals surface area contributed by atoms with Gasteiger partial charge in [0.05, 0.1) is 30.1 Å². The number of ether oxygens (including phenoxy) is 1. The van der Waals surface area contributed by atoms with Gasteiger partial charge in [-0.3, -0.25) is 9.59 Å². The number of benzene rings is 1. The number of aromatic nitrogens is 3. The number of carbonyl (C=O) groups excluding carboxylic acids is 1. The van der Waals surface area contributed by atoms with Crippen molar-refractivity contribution in [1.29, 1.82) is 5.26 Å². The number of aromatic amines is 1. The number of nitrogens with zero attached hydrogens (tertiary/aromatic N) is 6. The highest BCUT2D eigenvalue weighted by molar-refractivity contribution is 5.95. The van der Waals surface area contributed by atoms with Gasteiger partial charge in [-0.2, -0.15) is 23.5 Å². The molecule has 0 atom stereocenters. The number of piperazine rings is 1. The first-order valence-corrected chi connectivity index (χ1v) is 12.8. The van der Waals surface area contributed by atoms with Crippen molar-refractivity contribution in [2.24, 2.45) is 0 Å². The first-order valence-electron chi connectivity index (χ1n) is 12.8. The Labute approximate surface area is 232 Å². The van der Waals surface area contributed by atoms with Crippen LogP contribution < -0.4 is 20.1 Å². The minimum absolute atomic E-state index is 0.0179. The highest BCUT2D eigenvalue weighted by Crippen LogP contribution is 2.34. The number of H-pyrrole nitrogens is 1. The van der Waals surface area contributed by atoms with E-state index >= 15 is 0 Å². The van der Waals surface area contributed by atoms with E-state index in [9.17, 15) is 27.2 Å². The number of rotatable bonds is 4. The molecule has 3 aromatic rings. The van der Waals surface area contributed by atoms with Crippen molar-refractivity contribution in [3.8, 4) is 11.8 Å². The average Bonchev–Trinajstić information content (AvgIpc) is 3.52. The fourth-order valence-corrected chi connectivity index (χ4v) is 4.60. The van der Waals surface area contributed by atoms with Crippen LogP contribution in [-0.4, -0.2) is 72.4 Å². The Hall–Kier alpha value is -4.67. The first-order chi connectivity index (χ1) is 19.6. The Bertz CT molecular complexity index is 1460. The molecule has 2 fully saturated rings. The largest absolute Gasteiger partial charge is 0.497 e. The Morgan fingerprint density at radius 2 is 1.73 bits per heavy atom. The van der Waals surface area contributed by atoms with Crippen LogP contribution in [0.5, 0.6) is 5.75 Å². The third-order valence-corrected chi connectivity index (χ3v) is 6.74. The second kappa shape index (κ2) is 12.7. The average molecular weight is 574 g/mol. The lowest BCUT2D eigenvalue weighted by molar-refractivity contribution is -0.138. The van der Waals surface area contributed by atoms with Crippen molar-refractivity contribution in [3.63, 3.8) is 0 Å². The van der Waals surface area contributed by atoms with Gasteiger partial charge in [-0.05, 0) is 43.2 Å². The third-order valence-electron chi connectivity index (χ3n) is 6.74. The zero-order valence-corrected chi connectivity index (χ0v) is 22.1. The van der Waals surface area contributed by atoms with Gasteiger partial charge in [0.2, 0.25) is 0 Å². The second-order valence-electron chi connectivity index (χ2n) is 9.29. The van der Waals surface area contributed by atoms with Crippen LogP contribution in [0.3, 0.4) is 0 Å². The van der Waals surface area contributed by atoms with Crippen LogP contribution in [0.4, 0.5) is 29.1 Å². The Balaban J connectivity index is 0.000000208. The minimum Gasteiger partial charge on any atom is -0.497 e. The molecule has 0 aliphatic carbocycles. The molecule has 216 valence electrons. The third kappa shape index (κ3) is 6.92. The number of halogens is 4. The number of hydrogen-bond acceptors (Lipinski definition) is 8. The number of hydrogen-bond donors (Lipinski definition) is 1. The monoisotopic (exact) mass is 573 g/mol. The van der Waals surface area contributed by atoms with Crippen molar-refractivity contribution in [2.75, 3.05) is 56.2 Å². The van der Waals surface area contributed by atoms with E-state index in [1.807, 2.05) is 16.1 Å². The highest BCUT2D eigenvalue weighted by atomic mass is 19.4. The number of alkyl halides is 3. The fourth-order valence-electron chi connectivity index (χ4n) is 4.60. The van der Waals surface area contributed by atoms with Gasteiger partial charge < -0.3 is 19.4 Å². The van der Waals surface area contributed by atoms with E-state index < -0.39 is 23.1 Å². The molecule has 4 heterocycles. The molecule has 5 rings (SSSR count). The lowest BCUT2D eigenvalue weighted by Crippen LogP contribution is -2.49. The van der Waals surface area contributed by atoms with Gasteiger partial charge in [0, 0.05) is 45.5 Å². The number of methoxy groups -OCH3 is 1. The van der Waals surface area contributed by atoms with E-state index in [0.717, 1.165) is 24.9 Å². The number of nitriles is 1. The second-order valence-corrected chi connectivity index (χ2v) is 9.29. The molecule has 2 aliphatic rings. The van der Waals surface area contributed by atoms with Crippen LogP contribution in [0.1, 0.15) is 34.3 Å². The molecule has 0 radical (unpaired) electrons. The molecule has 1 N–H and O–H groups in total. The SMILES string of the molecule is COc1ccc(F)c(C(=O)N2CCN(c3ccc(C#N)cn3)CC2)c1.O=c1[nH]ncc(N2CCCC2)c1C(F)(F)F. The van der Waals surface area contributed by atoms with Gasteiger partial charge in [0.15, 0.2) is 0 Å². The molecule has 10 nitrogen and oxygen atoms in total. The molecular weight excluding hydrogens is 546 g/mol. The molecule has 0 saturated carbocycles. The van der Waals surface area contributed by atoms with Gasteiger partial charge in [0.1, 0.15) is 29.0 Å². The quantitative estimate of drug-likeness (QED) is 0.472. The summed E-state index contributed by atoms with van der Waals surface area (Å²) >= 11 is 0. The number of nitrogens with one attached hydrogen (secondary N) is 1. The van der Waals surface area contributed by atoms with Gasteiger partial charge >= 0.3 is 6.18 Å². The summed E-state index contributed by atoms with van der Waals surface area (Å²) in [6.07, 6.45) is -0.378. The zero-order chi connectivity index (χ0) is 29.6. The molecule has 1 aromatic carbocycles. The van der Waals surface area contributed by atoms with Crippen molar-refractivity contribution < 1.29 is 27.1 Å². The molecule has 14 heteroatoms. The number of carbonyl (C=O) groups is 1. The topological polar surface area (TPSA) is 118 Å². The Morgan fingerprint density at radius 1 is 1.02 bits per heavy atom. The lowest BCUT2D eigenvalue weighted by Gasteiger charge is -2.35. The van der Waals surface area contributed by atoms with Crippen LogP contribution in [0.2, 0.25) is 0 Å². The summed E-state index contributed by atoms with van der Waals surface area (Å²) in [5.41, 5.74) is -1.93. The summed E-state index contributed by atoms with van der Waals surface area (Å²) in [6.45, 7) is 3.20. The van der Waals surface area contributed by atoms with Crippen LogP contribution in [0.15, 0.2) is 47.5 Å². The van der Waals surface area contributed by atoms with Crippen molar-refractivity contribution in [2.45, 2.75) is 19.0 Å². The fraction of sp³-hybridized carbons (Fsp3) is 0.370. The molecule has 1 amide bonds. The van der Waals surface area contributed by atoms with Gasteiger partial charge in [-0.25, -0.2) is 14.5 Å². The molecule has 2 aliphatic heterocycles. The van der Waals surface area contributed by atoms with Crippen LogP contribution in [0, 0.1) is 17.1 Å². The molecule has 2 aromatic heterocycles. The summed E-state index contributed by atoms with van der Waals surface area (Å²) in [5, 5.41) is 14.1. The van der Waals surface area contributed by atoms with E-state index in [1.54, 1.807) is 21.9 Å². The highest BCUT2D eigenvalue weighted by Gasteiger charge is 2.39. The van der Waals surface area contributed by atoms with Crippen LogP contribution in [0.25, 0.3) is 0 Å². The maximum atomic E-state index is 14.0. The predicted molar refractivity (Wildman–Crippen MR) is 141 cm³/mol. The molecule has 2 saturated heterocycles. The number of anilines is 2. The molecule has 0 unspecified atom stereocenters. The van der Waals surface area contributed by atoms with E-state index in [1.165, 1.54) is 31.5 Å². The molecule has 0 bridgehead atoms. The van der Waals surface area contributed by atoms with Crippen molar-refractivity contribution in [1.82, 2.24) is 20.1 Å². The van der Waals surface area contributed by atoms with Crippen LogP contribution >= 0.6 is 0 Å². The molecule has 41 heavy (non-hydrogen) atoms. The maximum absolute atomic E-state index is 14.0. The van der Waals surface area contributed by atoms with Crippen LogP contribution in [-0.2, 0) is 6.18 Å². The van der Waals surface area contributed by atoms with Crippen molar-refractivity contribution in [3.05, 3.63) is 75.6 Å². The summed E-state index contributed by atoms with van der Waals surface area (Å²) in [7, 11) is 1.48. The van der Waals surface area contributed by atoms with Gasteiger partial charge in [-0.15, -0.1) is 0 Å². The molecular formula is C27H27F4N7O3. The minimum atomic E-state index is -4.64. The lowest BCUT2D eigenvalue weighted by atomic mass is 10.1. The van der Waals surface area contributed by atoms with Gasteiger partial charge in [-0.1, -0.05) is 0 Å². The summed E-state index contributed by atoms with van der Waals surface area (Å²) in [6, 6.07) is 9.68. The van der Waals surface area contributed by atoms with E-state index in [2.05, 4.69) is 10.1 Å². The summed E-state index contributed by atoms with van der Waals surface area (Å²) in [4.78, 5) is 33.2. The van der Waals surface area contributed by atoms with E-state index in [-0.39, 0.29) is 17.2 Å². The Morgan fingerprint density at radius 3 is 2.32 bits per heavy atom. The van der Waals surface area contributed by atoms with E-state index in [4.69, 9.17) is 10.00 Å². The summed E-state index contributed by atoms with van der Waals surface area (Å²) < 4.78 is 57.1. The Kier molecular flexibility index (Phi) is 9.06. The standard InChI is InChI=1S/C18H17FN4O2.C9H10F3N3O/c1-25-14-3-4-16(19)15(10-14)18(24)23-8-6-22(7-9-23)17-5-2-13(11-20)12-21-17;10-9(11,12)7-6(5-13-14-8(7)16)15-3-1-2-4-15/h2-5,10,12H,6-9H2,1H3;5H,1-4H2,(H,14,16). The molecule has 0 spiro atoms. The normalized spacial score (nSPS) is 15.2. The smallest absolute Gasteiger partial charge is 0.423 e. The number of pyridine rings is 1. The zero-order valence-electron chi connectivity index (χ0n) is 22.1. The summed E-state index contributed by atoms with van der Waals surface area (Å²) in [5.74, 6) is 0.314.